The highest BCUT2D eigenvalue weighted by Gasteiger charge is 2.18. The highest BCUT2D eigenvalue weighted by molar-refractivity contribution is 5.79. The fraction of sp³-hybridized carbons (Fsp3) is 0.333. The quantitative estimate of drug-likeness (QED) is 0.815. The van der Waals surface area contributed by atoms with Crippen LogP contribution in [0.2, 0.25) is 0 Å². The number of nitrogens with zero attached hydrogens (tertiary/aromatic N) is 2. The molecule has 0 radical (unpaired) electrons. The highest BCUT2D eigenvalue weighted by atomic mass is 19.1. The molecule has 0 spiro atoms. The summed E-state index contributed by atoms with van der Waals surface area (Å²) in [4.78, 5) is 13.2. The van der Waals surface area contributed by atoms with Crippen LogP contribution in [0, 0.1) is 17.1 Å². The molecule has 2 rings (SSSR count). The predicted octanol–water partition coefficient (Wildman–Crippen LogP) is 0.629. The summed E-state index contributed by atoms with van der Waals surface area (Å²) in [5.74, 6) is -0.411. The zero-order chi connectivity index (χ0) is 12.3. The lowest BCUT2D eigenvalue weighted by Crippen LogP contribution is -2.47. The molecule has 1 aliphatic heterocycles. The Kier molecular flexibility index (Phi) is 3.35. The zero-order valence-corrected chi connectivity index (χ0v) is 9.24. The van der Waals surface area contributed by atoms with Gasteiger partial charge in [-0.2, -0.15) is 5.26 Å². The van der Waals surface area contributed by atoms with Crippen LogP contribution in [0.5, 0.6) is 0 Å². The Morgan fingerprint density at radius 1 is 1.53 bits per heavy atom. The van der Waals surface area contributed by atoms with Gasteiger partial charge >= 0.3 is 0 Å². The minimum atomic E-state index is -0.387. The molecular formula is C12H12FN3O. The van der Waals surface area contributed by atoms with E-state index in [1.54, 1.807) is 4.90 Å². The summed E-state index contributed by atoms with van der Waals surface area (Å²) in [6.07, 6.45) is 0. The van der Waals surface area contributed by atoms with Crippen molar-refractivity contribution < 1.29 is 9.18 Å². The van der Waals surface area contributed by atoms with Gasteiger partial charge in [-0.3, -0.25) is 4.79 Å². The van der Waals surface area contributed by atoms with Crippen LogP contribution in [0.25, 0.3) is 0 Å². The van der Waals surface area contributed by atoms with Crippen molar-refractivity contribution in [2.24, 2.45) is 0 Å². The SMILES string of the molecule is N#Cc1ccc(F)cc1CN1CCNCC1=O. The molecule has 0 aliphatic carbocycles. The predicted molar refractivity (Wildman–Crippen MR) is 59.4 cm³/mol. The van der Waals surface area contributed by atoms with Crippen molar-refractivity contribution in [3.8, 4) is 6.07 Å². The fourth-order valence-corrected chi connectivity index (χ4v) is 1.82. The van der Waals surface area contributed by atoms with Gasteiger partial charge in [0.25, 0.3) is 0 Å². The number of carbonyl (C=O) groups is 1. The highest BCUT2D eigenvalue weighted by Crippen LogP contribution is 2.13. The van der Waals surface area contributed by atoms with Crippen molar-refractivity contribution in [3.63, 3.8) is 0 Å². The molecule has 0 unspecified atom stereocenters. The lowest BCUT2D eigenvalue weighted by molar-refractivity contribution is -0.132. The number of halogens is 1. The second kappa shape index (κ2) is 4.93. The molecule has 17 heavy (non-hydrogen) atoms. The van der Waals surface area contributed by atoms with E-state index in [-0.39, 0.29) is 11.7 Å². The average Bonchev–Trinajstić information content (AvgIpc) is 2.32. The number of rotatable bonds is 2. The van der Waals surface area contributed by atoms with E-state index in [4.69, 9.17) is 5.26 Å². The minimum Gasteiger partial charge on any atom is -0.336 e. The van der Waals surface area contributed by atoms with Gasteiger partial charge in [0.05, 0.1) is 18.2 Å². The van der Waals surface area contributed by atoms with Crippen LogP contribution in [0.1, 0.15) is 11.1 Å². The van der Waals surface area contributed by atoms with Gasteiger partial charge < -0.3 is 10.2 Å². The first-order chi connectivity index (χ1) is 8.20. The lowest BCUT2D eigenvalue weighted by atomic mass is 10.1. The summed E-state index contributed by atoms with van der Waals surface area (Å²) in [7, 11) is 0. The van der Waals surface area contributed by atoms with E-state index in [9.17, 15) is 9.18 Å². The van der Waals surface area contributed by atoms with Crippen molar-refractivity contribution >= 4 is 5.91 Å². The second-order valence-electron chi connectivity index (χ2n) is 3.91. The van der Waals surface area contributed by atoms with E-state index in [0.717, 1.165) is 6.54 Å². The van der Waals surface area contributed by atoms with E-state index in [0.29, 0.717) is 30.8 Å². The third-order valence-corrected chi connectivity index (χ3v) is 2.74. The van der Waals surface area contributed by atoms with Crippen molar-refractivity contribution in [1.82, 2.24) is 10.2 Å². The van der Waals surface area contributed by atoms with Gasteiger partial charge in [0.2, 0.25) is 5.91 Å². The van der Waals surface area contributed by atoms with Crippen molar-refractivity contribution in [1.29, 1.82) is 5.26 Å². The van der Waals surface area contributed by atoms with Crippen LogP contribution in [0.3, 0.4) is 0 Å². The van der Waals surface area contributed by atoms with Crippen molar-refractivity contribution in [3.05, 3.63) is 35.1 Å². The summed E-state index contributed by atoms with van der Waals surface area (Å²) < 4.78 is 13.1. The Hall–Kier alpha value is -1.93. The maximum absolute atomic E-state index is 13.1. The molecule has 1 aliphatic rings. The van der Waals surface area contributed by atoms with Gasteiger partial charge in [0.1, 0.15) is 5.82 Å². The molecule has 1 amide bonds. The van der Waals surface area contributed by atoms with Gasteiger partial charge in [0, 0.05) is 19.6 Å². The molecule has 4 nitrogen and oxygen atoms in total. The number of amides is 1. The Bertz CT molecular complexity index is 481. The third-order valence-electron chi connectivity index (χ3n) is 2.74. The van der Waals surface area contributed by atoms with Crippen LogP contribution in [0.15, 0.2) is 18.2 Å². The van der Waals surface area contributed by atoms with Gasteiger partial charge in [-0.25, -0.2) is 4.39 Å². The van der Waals surface area contributed by atoms with Gasteiger partial charge in [-0.15, -0.1) is 0 Å². The normalized spacial score (nSPS) is 15.8. The first-order valence-electron chi connectivity index (χ1n) is 5.38. The first-order valence-corrected chi connectivity index (χ1v) is 5.38. The molecule has 1 N–H and O–H groups in total. The van der Waals surface area contributed by atoms with Gasteiger partial charge in [-0.05, 0) is 23.8 Å². The molecule has 0 atom stereocenters. The van der Waals surface area contributed by atoms with E-state index in [2.05, 4.69) is 5.32 Å². The number of hydrogen-bond acceptors (Lipinski definition) is 3. The van der Waals surface area contributed by atoms with E-state index < -0.39 is 0 Å². The largest absolute Gasteiger partial charge is 0.336 e. The number of piperazine rings is 1. The number of benzene rings is 1. The lowest BCUT2D eigenvalue weighted by Gasteiger charge is -2.27. The molecule has 0 bridgehead atoms. The Balaban J connectivity index is 2.20. The molecule has 88 valence electrons. The number of nitriles is 1. The third kappa shape index (κ3) is 2.60. The van der Waals surface area contributed by atoms with Crippen LogP contribution in [0.4, 0.5) is 4.39 Å². The Morgan fingerprint density at radius 2 is 2.35 bits per heavy atom. The van der Waals surface area contributed by atoms with Gasteiger partial charge in [-0.1, -0.05) is 0 Å². The Morgan fingerprint density at radius 3 is 3.06 bits per heavy atom. The molecular weight excluding hydrogens is 221 g/mol. The monoisotopic (exact) mass is 233 g/mol. The molecule has 1 saturated heterocycles. The summed E-state index contributed by atoms with van der Waals surface area (Å²) >= 11 is 0. The van der Waals surface area contributed by atoms with E-state index in [1.807, 2.05) is 6.07 Å². The van der Waals surface area contributed by atoms with E-state index >= 15 is 0 Å². The molecule has 1 aromatic rings. The number of nitrogens with one attached hydrogen (secondary N) is 1. The minimum absolute atomic E-state index is 0.0237. The summed E-state index contributed by atoms with van der Waals surface area (Å²) in [6, 6.07) is 6.01. The summed E-state index contributed by atoms with van der Waals surface area (Å²) in [6.45, 7) is 1.90. The Labute approximate surface area is 98.6 Å². The molecule has 0 aromatic heterocycles. The van der Waals surface area contributed by atoms with Crippen LogP contribution >= 0.6 is 0 Å². The summed E-state index contributed by atoms with van der Waals surface area (Å²) in [5.41, 5.74) is 0.973. The molecule has 5 heteroatoms. The topological polar surface area (TPSA) is 56.1 Å². The van der Waals surface area contributed by atoms with Gasteiger partial charge in [0.15, 0.2) is 0 Å². The van der Waals surface area contributed by atoms with Crippen LogP contribution < -0.4 is 5.32 Å². The second-order valence-corrected chi connectivity index (χ2v) is 3.91. The smallest absolute Gasteiger partial charge is 0.236 e. The average molecular weight is 233 g/mol. The zero-order valence-electron chi connectivity index (χ0n) is 9.24. The van der Waals surface area contributed by atoms with Crippen molar-refractivity contribution in [2.75, 3.05) is 19.6 Å². The number of carbonyl (C=O) groups excluding carboxylic acids is 1. The molecule has 0 saturated carbocycles. The first kappa shape index (κ1) is 11.6. The van der Waals surface area contributed by atoms with Crippen LogP contribution in [-0.2, 0) is 11.3 Å². The number of hydrogen-bond donors (Lipinski definition) is 1. The maximum atomic E-state index is 13.1. The van der Waals surface area contributed by atoms with Crippen molar-refractivity contribution in [2.45, 2.75) is 6.54 Å². The molecule has 1 fully saturated rings. The van der Waals surface area contributed by atoms with E-state index in [1.165, 1.54) is 18.2 Å². The fourth-order valence-electron chi connectivity index (χ4n) is 1.82. The molecule has 1 heterocycles. The maximum Gasteiger partial charge on any atom is 0.236 e. The molecule has 1 aromatic carbocycles. The summed E-state index contributed by atoms with van der Waals surface area (Å²) in [5, 5.41) is 11.9. The standard InChI is InChI=1S/C12H12FN3O/c13-11-2-1-9(6-14)10(5-11)8-16-4-3-15-7-12(16)17/h1-2,5,15H,3-4,7-8H2. The van der Waals surface area contributed by atoms with Crippen LogP contribution in [-0.4, -0.2) is 30.4 Å².